The number of allylic oxidation sites excluding steroid dienone is 2. The predicted octanol–water partition coefficient (Wildman–Crippen LogP) is 2.77. The largest absolute Gasteiger partial charge is 0.385 e. The smallest absolute Gasteiger partial charge is 0.0462 e. The molecular formula is C10H18O. The van der Waals surface area contributed by atoms with Crippen LogP contribution in [0.25, 0.3) is 0 Å². The lowest BCUT2D eigenvalue weighted by Gasteiger charge is -1.94. The highest BCUT2D eigenvalue weighted by molar-refractivity contribution is 4.95. The van der Waals surface area contributed by atoms with Crippen molar-refractivity contribution in [1.29, 1.82) is 0 Å². The van der Waals surface area contributed by atoms with Crippen LogP contribution in [0.15, 0.2) is 12.2 Å². The molecule has 1 rings (SSSR count). The van der Waals surface area contributed by atoms with Crippen LogP contribution < -0.4 is 0 Å². The lowest BCUT2D eigenvalue weighted by molar-refractivity contribution is 0.193. The van der Waals surface area contributed by atoms with Gasteiger partial charge in [0.15, 0.2) is 0 Å². The molecule has 0 heterocycles. The van der Waals surface area contributed by atoms with Gasteiger partial charge in [0.25, 0.3) is 0 Å². The van der Waals surface area contributed by atoms with Gasteiger partial charge < -0.3 is 4.74 Å². The molecule has 1 heteroatoms. The van der Waals surface area contributed by atoms with Crippen LogP contribution in [0, 0.1) is 5.92 Å². The second-order valence-electron chi connectivity index (χ2n) is 3.25. The molecule has 1 saturated carbocycles. The second kappa shape index (κ2) is 5.36. The van der Waals surface area contributed by atoms with Gasteiger partial charge >= 0.3 is 0 Å². The summed E-state index contributed by atoms with van der Waals surface area (Å²) in [5, 5.41) is 0. The first-order valence-corrected chi connectivity index (χ1v) is 4.59. The van der Waals surface area contributed by atoms with Crippen molar-refractivity contribution in [1.82, 2.24) is 0 Å². The van der Waals surface area contributed by atoms with Crippen molar-refractivity contribution < 1.29 is 4.74 Å². The molecular weight excluding hydrogens is 136 g/mol. The molecule has 1 fully saturated rings. The first-order valence-electron chi connectivity index (χ1n) is 4.59. The molecule has 1 aliphatic rings. The Morgan fingerprint density at radius 1 is 1.36 bits per heavy atom. The van der Waals surface area contributed by atoms with Gasteiger partial charge in [-0.05, 0) is 38.0 Å². The normalized spacial score (nSPS) is 17.9. The van der Waals surface area contributed by atoms with Crippen molar-refractivity contribution in [2.75, 3.05) is 13.7 Å². The SMILES string of the molecule is COCCCCC=CC1CC1. The molecule has 0 aliphatic heterocycles. The van der Waals surface area contributed by atoms with Crippen LogP contribution in [0.3, 0.4) is 0 Å². The fourth-order valence-corrected chi connectivity index (χ4v) is 1.09. The summed E-state index contributed by atoms with van der Waals surface area (Å²) in [5.74, 6) is 0.942. The molecule has 0 radical (unpaired) electrons. The topological polar surface area (TPSA) is 9.23 Å². The minimum Gasteiger partial charge on any atom is -0.385 e. The van der Waals surface area contributed by atoms with Gasteiger partial charge in [0.05, 0.1) is 0 Å². The Hall–Kier alpha value is -0.300. The van der Waals surface area contributed by atoms with Crippen molar-refractivity contribution >= 4 is 0 Å². The minimum atomic E-state index is 0.914. The van der Waals surface area contributed by atoms with E-state index >= 15 is 0 Å². The van der Waals surface area contributed by atoms with Gasteiger partial charge in [-0.15, -0.1) is 0 Å². The maximum Gasteiger partial charge on any atom is 0.0462 e. The van der Waals surface area contributed by atoms with E-state index in [0.717, 1.165) is 12.5 Å². The number of methoxy groups -OCH3 is 1. The van der Waals surface area contributed by atoms with Gasteiger partial charge in [-0.3, -0.25) is 0 Å². The van der Waals surface area contributed by atoms with Crippen LogP contribution in [0.5, 0.6) is 0 Å². The van der Waals surface area contributed by atoms with Gasteiger partial charge in [0.1, 0.15) is 0 Å². The van der Waals surface area contributed by atoms with Gasteiger partial charge in [0, 0.05) is 13.7 Å². The van der Waals surface area contributed by atoms with Crippen LogP contribution >= 0.6 is 0 Å². The maximum absolute atomic E-state index is 4.96. The molecule has 1 nitrogen and oxygen atoms in total. The average molecular weight is 154 g/mol. The number of rotatable bonds is 6. The summed E-state index contributed by atoms with van der Waals surface area (Å²) >= 11 is 0. The van der Waals surface area contributed by atoms with Gasteiger partial charge in [0.2, 0.25) is 0 Å². The number of ether oxygens (including phenoxy) is 1. The zero-order valence-electron chi connectivity index (χ0n) is 7.38. The summed E-state index contributed by atoms with van der Waals surface area (Å²) in [4.78, 5) is 0. The quantitative estimate of drug-likeness (QED) is 0.422. The Morgan fingerprint density at radius 2 is 2.18 bits per heavy atom. The first kappa shape index (κ1) is 8.79. The predicted molar refractivity (Wildman–Crippen MR) is 47.6 cm³/mol. The Labute approximate surface area is 69.4 Å². The molecule has 0 amide bonds. The second-order valence-corrected chi connectivity index (χ2v) is 3.25. The van der Waals surface area contributed by atoms with Gasteiger partial charge in [-0.25, -0.2) is 0 Å². The molecule has 0 saturated heterocycles. The summed E-state index contributed by atoms with van der Waals surface area (Å²) in [6.45, 7) is 0.914. The van der Waals surface area contributed by atoms with Crippen LogP contribution in [0.1, 0.15) is 32.1 Å². The zero-order valence-corrected chi connectivity index (χ0v) is 7.38. The Bertz CT molecular complexity index is 114. The van der Waals surface area contributed by atoms with Crippen molar-refractivity contribution in [2.24, 2.45) is 5.92 Å². The van der Waals surface area contributed by atoms with E-state index in [1.165, 1.54) is 32.1 Å². The maximum atomic E-state index is 4.96. The van der Waals surface area contributed by atoms with E-state index in [2.05, 4.69) is 12.2 Å². The Balaban J connectivity index is 1.79. The Kier molecular flexibility index (Phi) is 4.29. The van der Waals surface area contributed by atoms with Crippen molar-refractivity contribution in [3.05, 3.63) is 12.2 Å². The average Bonchev–Trinajstić information content (AvgIpc) is 2.80. The molecule has 11 heavy (non-hydrogen) atoms. The highest BCUT2D eigenvalue weighted by Gasteiger charge is 2.16. The molecule has 0 unspecified atom stereocenters. The summed E-state index contributed by atoms with van der Waals surface area (Å²) < 4.78 is 4.96. The molecule has 1 aliphatic carbocycles. The molecule has 0 atom stereocenters. The summed E-state index contributed by atoms with van der Waals surface area (Å²) in [6, 6.07) is 0. The first-order chi connectivity index (χ1) is 5.43. The van der Waals surface area contributed by atoms with Crippen LogP contribution in [-0.2, 0) is 4.74 Å². The van der Waals surface area contributed by atoms with E-state index < -0.39 is 0 Å². The monoisotopic (exact) mass is 154 g/mol. The standard InChI is InChI=1S/C10H18O/c1-11-9-5-3-2-4-6-10-7-8-10/h4,6,10H,2-3,5,7-9H2,1H3. The summed E-state index contributed by atoms with van der Waals surface area (Å²) in [5.41, 5.74) is 0. The lowest BCUT2D eigenvalue weighted by atomic mass is 10.2. The molecule has 0 N–H and O–H groups in total. The van der Waals surface area contributed by atoms with E-state index in [1.54, 1.807) is 7.11 Å². The molecule has 0 aromatic carbocycles. The molecule has 0 aromatic rings. The third kappa shape index (κ3) is 5.02. The number of hydrogen-bond acceptors (Lipinski definition) is 1. The highest BCUT2D eigenvalue weighted by Crippen LogP contribution is 2.30. The van der Waals surface area contributed by atoms with E-state index in [1.807, 2.05) is 0 Å². The number of hydrogen-bond donors (Lipinski definition) is 0. The van der Waals surface area contributed by atoms with E-state index in [9.17, 15) is 0 Å². The fraction of sp³-hybridized carbons (Fsp3) is 0.800. The summed E-state index contributed by atoms with van der Waals surface area (Å²) in [7, 11) is 1.76. The van der Waals surface area contributed by atoms with Crippen LogP contribution in [-0.4, -0.2) is 13.7 Å². The third-order valence-electron chi connectivity index (χ3n) is 2.00. The van der Waals surface area contributed by atoms with Crippen LogP contribution in [0.4, 0.5) is 0 Å². The number of unbranched alkanes of at least 4 members (excludes halogenated alkanes) is 2. The van der Waals surface area contributed by atoms with Gasteiger partial charge in [-0.2, -0.15) is 0 Å². The molecule has 0 spiro atoms. The Morgan fingerprint density at radius 3 is 2.82 bits per heavy atom. The minimum absolute atomic E-state index is 0.914. The highest BCUT2D eigenvalue weighted by atomic mass is 16.5. The van der Waals surface area contributed by atoms with Crippen molar-refractivity contribution in [3.8, 4) is 0 Å². The molecule has 64 valence electrons. The van der Waals surface area contributed by atoms with Gasteiger partial charge in [-0.1, -0.05) is 12.2 Å². The fourth-order valence-electron chi connectivity index (χ4n) is 1.09. The van der Waals surface area contributed by atoms with E-state index in [0.29, 0.717) is 0 Å². The van der Waals surface area contributed by atoms with E-state index in [4.69, 9.17) is 4.74 Å². The van der Waals surface area contributed by atoms with Crippen LogP contribution in [0.2, 0.25) is 0 Å². The molecule has 0 aromatic heterocycles. The van der Waals surface area contributed by atoms with Crippen molar-refractivity contribution in [2.45, 2.75) is 32.1 Å². The van der Waals surface area contributed by atoms with E-state index in [-0.39, 0.29) is 0 Å². The lowest BCUT2D eigenvalue weighted by Crippen LogP contribution is -1.86. The zero-order chi connectivity index (χ0) is 7.94. The molecule has 0 bridgehead atoms. The third-order valence-corrected chi connectivity index (χ3v) is 2.00. The summed E-state index contributed by atoms with van der Waals surface area (Å²) in [6.07, 6.45) is 11.3. The van der Waals surface area contributed by atoms with Crippen molar-refractivity contribution in [3.63, 3.8) is 0 Å².